The lowest BCUT2D eigenvalue weighted by molar-refractivity contribution is -0.120. The molecule has 1 aliphatic rings. The summed E-state index contributed by atoms with van der Waals surface area (Å²) in [6.07, 6.45) is 2.56. The highest BCUT2D eigenvalue weighted by Gasteiger charge is 2.20. The standard InChI is InChI=1S/C16H24N2O4.ClH/c1-20-13-6-12(7-14(21-2)16(13)22-3)9-18-15(19)10-17-8-11-4-5-11;/h6-7,11,17H,4-5,8-10H2,1-3H3,(H,18,19);1H. The Bertz CT molecular complexity index is 496. The molecular formula is C16H25ClN2O4. The Hall–Kier alpha value is -1.66. The van der Waals surface area contributed by atoms with E-state index in [4.69, 9.17) is 14.2 Å². The van der Waals surface area contributed by atoms with Crippen LogP contribution in [0.5, 0.6) is 17.2 Å². The van der Waals surface area contributed by atoms with Gasteiger partial charge in [-0.1, -0.05) is 0 Å². The first-order valence-corrected chi connectivity index (χ1v) is 7.44. The van der Waals surface area contributed by atoms with E-state index in [2.05, 4.69) is 10.6 Å². The van der Waals surface area contributed by atoms with Crippen LogP contribution in [0, 0.1) is 5.92 Å². The zero-order valence-corrected chi connectivity index (χ0v) is 14.6. The molecule has 0 radical (unpaired) electrons. The number of hydrogen-bond donors (Lipinski definition) is 2. The van der Waals surface area contributed by atoms with Crippen molar-refractivity contribution >= 4 is 18.3 Å². The number of carbonyl (C=O) groups excluding carboxylic acids is 1. The summed E-state index contributed by atoms with van der Waals surface area (Å²) in [5.74, 6) is 2.46. The number of hydrogen-bond acceptors (Lipinski definition) is 5. The van der Waals surface area contributed by atoms with Crippen LogP contribution in [0.15, 0.2) is 12.1 Å². The Morgan fingerprint density at radius 1 is 1.13 bits per heavy atom. The summed E-state index contributed by atoms with van der Waals surface area (Å²) in [6.45, 7) is 1.69. The van der Waals surface area contributed by atoms with Crippen molar-refractivity contribution in [3.8, 4) is 17.2 Å². The van der Waals surface area contributed by atoms with E-state index in [0.717, 1.165) is 18.0 Å². The number of methoxy groups -OCH3 is 3. The Kier molecular flexibility index (Phi) is 7.98. The van der Waals surface area contributed by atoms with Crippen molar-refractivity contribution in [3.05, 3.63) is 17.7 Å². The number of carbonyl (C=O) groups is 1. The number of nitrogens with one attached hydrogen (secondary N) is 2. The first-order chi connectivity index (χ1) is 10.7. The van der Waals surface area contributed by atoms with Gasteiger partial charge >= 0.3 is 0 Å². The molecule has 0 aromatic heterocycles. The van der Waals surface area contributed by atoms with Crippen molar-refractivity contribution in [1.29, 1.82) is 0 Å². The van der Waals surface area contributed by atoms with Crippen molar-refractivity contribution in [3.63, 3.8) is 0 Å². The molecule has 0 heterocycles. The molecule has 0 unspecified atom stereocenters. The first kappa shape index (κ1) is 19.4. The van der Waals surface area contributed by atoms with Crippen LogP contribution in [-0.2, 0) is 11.3 Å². The normalized spacial score (nSPS) is 13.0. The van der Waals surface area contributed by atoms with Crippen LogP contribution < -0.4 is 24.8 Å². The molecule has 1 aliphatic carbocycles. The van der Waals surface area contributed by atoms with Crippen LogP contribution in [0.4, 0.5) is 0 Å². The molecule has 0 bridgehead atoms. The fourth-order valence-corrected chi connectivity index (χ4v) is 2.21. The smallest absolute Gasteiger partial charge is 0.234 e. The van der Waals surface area contributed by atoms with Gasteiger partial charge in [0.05, 0.1) is 27.9 Å². The molecule has 1 aromatic rings. The lowest BCUT2D eigenvalue weighted by atomic mass is 10.1. The van der Waals surface area contributed by atoms with Gasteiger partial charge in [0.1, 0.15) is 0 Å². The second-order valence-electron chi connectivity index (χ2n) is 5.38. The molecule has 0 spiro atoms. The fourth-order valence-electron chi connectivity index (χ4n) is 2.21. The van der Waals surface area contributed by atoms with E-state index >= 15 is 0 Å². The summed E-state index contributed by atoms with van der Waals surface area (Å²) in [4.78, 5) is 11.8. The minimum Gasteiger partial charge on any atom is -0.493 e. The third kappa shape index (κ3) is 5.80. The van der Waals surface area contributed by atoms with Crippen molar-refractivity contribution in [2.75, 3.05) is 34.4 Å². The lowest BCUT2D eigenvalue weighted by Crippen LogP contribution is -2.34. The Morgan fingerprint density at radius 3 is 2.22 bits per heavy atom. The predicted octanol–water partition coefficient (Wildman–Crippen LogP) is 1.75. The monoisotopic (exact) mass is 344 g/mol. The summed E-state index contributed by atoms with van der Waals surface area (Å²) in [6, 6.07) is 3.67. The molecule has 0 atom stereocenters. The molecule has 0 aliphatic heterocycles. The van der Waals surface area contributed by atoms with Crippen LogP contribution in [0.25, 0.3) is 0 Å². The minimum absolute atomic E-state index is 0. The Balaban J connectivity index is 0.00000264. The average molecular weight is 345 g/mol. The zero-order chi connectivity index (χ0) is 15.9. The van der Waals surface area contributed by atoms with Gasteiger partial charge in [-0.15, -0.1) is 12.4 Å². The molecule has 1 saturated carbocycles. The second-order valence-corrected chi connectivity index (χ2v) is 5.38. The van der Waals surface area contributed by atoms with Gasteiger partial charge in [-0.2, -0.15) is 0 Å². The molecule has 0 saturated heterocycles. The quantitative estimate of drug-likeness (QED) is 0.714. The van der Waals surface area contributed by atoms with Crippen LogP contribution in [0.3, 0.4) is 0 Å². The third-order valence-electron chi connectivity index (χ3n) is 3.63. The van der Waals surface area contributed by atoms with E-state index in [1.165, 1.54) is 12.8 Å². The number of amides is 1. The van der Waals surface area contributed by atoms with E-state index in [1.807, 2.05) is 12.1 Å². The summed E-state index contributed by atoms with van der Waals surface area (Å²) in [5, 5.41) is 6.05. The van der Waals surface area contributed by atoms with Crippen LogP contribution in [0.2, 0.25) is 0 Å². The van der Waals surface area contributed by atoms with E-state index < -0.39 is 0 Å². The van der Waals surface area contributed by atoms with E-state index in [-0.39, 0.29) is 18.3 Å². The van der Waals surface area contributed by atoms with Gasteiger partial charge < -0.3 is 24.8 Å². The van der Waals surface area contributed by atoms with Gasteiger partial charge in [-0.3, -0.25) is 4.79 Å². The Labute approximate surface area is 143 Å². The largest absolute Gasteiger partial charge is 0.493 e. The number of halogens is 1. The van der Waals surface area contributed by atoms with Crippen LogP contribution >= 0.6 is 12.4 Å². The van der Waals surface area contributed by atoms with Crippen LogP contribution in [0.1, 0.15) is 18.4 Å². The maximum Gasteiger partial charge on any atom is 0.234 e. The van der Waals surface area contributed by atoms with Gasteiger partial charge in [0.15, 0.2) is 11.5 Å². The van der Waals surface area contributed by atoms with Crippen LogP contribution in [-0.4, -0.2) is 40.3 Å². The van der Waals surface area contributed by atoms with Gasteiger partial charge in [0.2, 0.25) is 11.7 Å². The SMILES string of the molecule is COc1cc(CNC(=O)CNCC2CC2)cc(OC)c1OC.Cl. The molecule has 1 aromatic carbocycles. The Morgan fingerprint density at radius 2 is 1.74 bits per heavy atom. The highest BCUT2D eigenvalue weighted by atomic mass is 35.5. The third-order valence-corrected chi connectivity index (χ3v) is 3.63. The molecular weight excluding hydrogens is 320 g/mol. The first-order valence-electron chi connectivity index (χ1n) is 7.44. The maximum absolute atomic E-state index is 11.8. The van der Waals surface area contributed by atoms with E-state index in [0.29, 0.717) is 30.3 Å². The minimum atomic E-state index is -0.0191. The molecule has 23 heavy (non-hydrogen) atoms. The molecule has 1 fully saturated rings. The average Bonchev–Trinajstić information content (AvgIpc) is 3.35. The van der Waals surface area contributed by atoms with Crippen molar-refractivity contribution in [2.45, 2.75) is 19.4 Å². The van der Waals surface area contributed by atoms with Gasteiger partial charge in [0, 0.05) is 6.54 Å². The summed E-state index contributed by atoms with van der Waals surface area (Å²) in [5.41, 5.74) is 0.894. The second kappa shape index (κ2) is 9.47. The van der Waals surface area contributed by atoms with Crippen molar-refractivity contribution < 1.29 is 19.0 Å². The summed E-state index contributed by atoms with van der Waals surface area (Å²) >= 11 is 0. The molecule has 2 N–H and O–H groups in total. The number of rotatable bonds is 9. The maximum atomic E-state index is 11.8. The molecule has 7 heteroatoms. The highest BCUT2D eigenvalue weighted by molar-refractivity contribution is 5.85. The molecule has 1 amide bonds. The van der Waals surface area contributed by atoms with E-state index in [9.17, 15) is 4.79 Å². The predicted molar refractivity (Wildman–Crippen MR) is 90.8 cm³/mol. The van der Waals surface area contributed by atoms with Crippen molar-refractivity contribution in [1.82, 2.24) is 10.6 Å². The van der Waals surface area contributed by atoms with Gasteiger partial charge in [-0.05, 0) is 43.0 Å². The van der Waals surface area contributed by atoms with Gasteiger partial charge in [-0.25, -0.2) is 0 Å². The summed E-state index contributed by atoms with van der Waals surface area (Å²) in [7, 11) is 4.70. The number of benzene rings is 1. The van der Waals surface area contributed by atoms with Crippen molar-refractivity contribution in [2.24, 2.45) is 5.92 Å². The number of ether oxygens (including phenoxy) is 3. The molecule has 130 valence electrons. The zero-order valence-electron chi connectivity index (χ0n) is 13.8. The molecule has 6 nitrogen and oxygen atoms in total. The van der Waals surface area contributed by atoms with E-state index in [1.54, 1.807) is 21.3 Å². The fraction of sp³-hybridized carbons (Fsp3) is 0.562. The van der Waals surface area contributed by atoms with Gasteiger partial charge in [0.25, 0.3) is 0 Å². The topological polar surface area (TPSA) is 68.8 Å². The highest BCUT2D eigenvalue weighted by Crippen LogP contribution is 2.38. The molecule has 2 rings (SSSR count). The lowest BCUT2D eigenvalue weighted by Gasteiger charge is -2.14. The summed E-state index contributed by atoms with van der Waals surface area (Å²) < 4.78 is 15.9.